The Balaban J connectivity index is 2.22. The van der Waals surface area contributed by atoms with Gasteiger partial charge in [0.1, 0.15) is 0 Å². The Kier molecular flexibility index (Phi) is 7.13. The lowest BCUT2D eigenvalue weighted by Crippen LogP contribution is -2.19. The number of nitrogens with zero attached hydrogens (tertiary/aromatic N) is 1. The third-order valence-corrected chi connectivity index (χ3v) is 2.75. The fourth-order valence-electron chi connectivity index (χ4n) is 1.73. The molecule has 1 aromatic heterocycles. The summed E-state index contributed by atoms with van der Waals surface area (Å²) >= 11 is 0. The van der Waals surface area contributed by atoms with Gasteiger partial charge in [-0.1, -0.05) is 6.42 Å². The molecule has 0 atom stereocenters. The summed E-state index contributed by atoms with van der Waals surface area (Å²) in [5.74, 6) is 0.615. The number of rotatable bonds is 9. The average Bonchev–Trinajstić information content (AvgIpc) is 2.39. The first-order valence-corrected chi connectivity index (χ1v) is 6.39. The van der Waals surface area contributed by atoms with Gasteiger partial charge in [-0.25, -0.2) is 4.98 Å². The predicted molar refractivity (Wildman–Crippen MR) is 72.7 cm³/mol. The molecule has 0 fully saturated rings. The molecule has 102 valence electrons. The molecule has 0 saturated carbocycles. The molecule has 4 N–H and O–H groups in total. The van der Waals surface area contributed by atoms with Crippen molar-refractivity contribution in [1.82, 2.24) is 10.3 Å². The van der Waals surface area contributed by atoms with E-state index >= 15 is 0 Å². The second kappa shape index (κ2) is 8.72. The molecule has 5 nitrogen and oxygen atoms in total. The molecule has 0 amide bonds. The number of aromatic nitrogens is 1. The van der Waals surface area contributed by atoms with E-state index in [-0.39, 0.29) is 6.61 Å². The molecule has 1 heterocycles. The number of hydrogen-bond donors (Lipinski definition) is 3. The number of methoxy groups -OCH3 is 1. The highest BCUT2D eigenvalue weighted by Crippen LogP contribution is 2.16. The van der Waals surface area contributed by atoms with Gasteiger partial charge in [-0.2, -0.15) is 0 Å². The Bertz CT molecular complexity index is 345. The molecule has 0 unspecified atom stereocenters. The van der Waals surface area contributed by atoms with Gasteiger partial charge in [0.15, 0.2) is 0 Å². The minimum Gasteiger partial charge on any atom is -0.481 e. The third-order valence-electron chi connectivity index (χ3n) is 2.75. The lowest BCUT2D eigenvalue weighted by atomic mass is 10.1. The quantitative estimate of drug-likeness (QED) is 0.571. The van der Waals surface area contributed by atoms with E-state index in [0.717, 1.165) is 43.6 Å². The summed E-state index contributed by atoms with van der Waals surface area (Å²) in [4.78, 5) is 4.34. The van der Waals surface area contributed by atoms with Gasteiger partial charge in [0.2, 0.25) is 5.88 Å². The maximum absolute atomic E-state index is 8.60. The molecular formula is C13H23N3O2. The number of aliphatic hydroxyl groups excluding tert-OH is 1. The van der Waals surface area contributed by atoms with E-state index in [1.165, 1.54) is 0 Å². The summed E-state index contributed by atoms with van der Waals surface area (Å²) < 4.78 is 5.08. The summed E-state index contributed by atoms with van der Waals surface area (Å²) in [6.45, 7) is 1.82. The number of nitrogens with two attached hydrogens (primary N) is 1. The second-order valence-corrected chi connectivity index (χ2v) is 4.17. The lowest BCUT2D eigenvalue weighted by molar-refractivity contribution is 0.292. The van der Waals surface area contributed by atoms with Crippen LogP contribution in [0.4, 0.5) is 5.69 Å². The van der Waals surface area contributed by atoms with Gasteiger partial charge < -0.3 is 20.9 Å². The zero-order valence-corrected chi connectivity index (χ0v) is 11.0. The second-order valence-electron chi connectivity index (χ2n) is 4.17. The molecule has 0 bridgehead atoms. The van der Waals surface area contributed by atoms with Crippen molar-refractivity contribution in [2.75, 3.05) is 32.5 Å². The number of aliphatic hydroxyl groups is 1. The van der Waals surface area contributed by atoms with Gasteiger partial charge in [0.05, 0.1) is 25.1 Å². The van der Waals surface area contributed by atoms with Crippen molar-refractivity contribution >= 4 is 5.69 Å². The molecule has 0 saturated heterocycles. The third kappa shape index (κ3) is 5.33. The molecule has 0 aliphatic carbocycles. The van der Waals surface area contributed by atoms with Crippen molar-refractivity contribution in [3.05, 3.63) is 17.8 Å². The van der Waals surface area contributed by atoms with Gasteiger partial charge in [-0.05, 0) is 31.9 Å². The molecule has 0 aliphatic heterocycles. The maximum Gasteiger partial charge on any atom is 0.213 e. The van der Waals surface area contributed by atoms with E-state index in [9.17, 15) is 0 Å². The SMILES string of the molecule is COc1ccc(N)c(CCCCCNCCO)n1. The first-order chi connectivity index (χ1) is 8.77. The molecule has 0 radical (unpaired) electrons. The first kappa shape index (κ1) is 14.7. The molecule has 1 rings (SSSR count). The van der Waals surface area contributed by atoms with Crippen LogP contribution in [0.2, 0.25) is 0 Å². The molecular weight excluding hydrogens is 230 g/mol. The van der Waals surface area contributed by atoms with Crippen LogP contribution >= 0.6 is 0 Å². The number of nitrogens with one attached hydrogen (secondary N) is 1. The van der Waals surface area contributed by atoms with Crippen LogP contribution < -0.4 is 15.8 Å². The van der Waals surface area contributed by atoms with Crippen molar-refractivity contribution < 1.29 is 9.84 Å². The zero-order valence-electron chi connectivity index (χ0n) is 11.0. The van der Waals surface area contributed by atoms with E-state index < -0.39 is 0 Å². The van der Waals surface area contributed by atoms with Crippen LogP contribution in [0.3, 0.4) is 0 Å². The largest absolute Gasteiger partial charge is 0.481 e. The van der Waals surface area contributed by atoms with Gasteiger partial charge >= 0.3 is 0 Å². The maximum atomic E-state index is 8.60. The van der Waals surface area contributed by atoms with E-state index in [0.29, 0.717) is 12.4 Å². The molecule has 18 heavy (non-hydrogen) atoms. The van der Waals surface area contributed by atoms with Crippen molar-refractivity contribution in [2.24, 2.45) is 0 Å². The fourth-order valence-corrected chi connectivity index (χ4v) is 1.73. The number of hydrogen-bond acceptors (Lipinski definition) is 5. The smallest absolute Gasteiger partial charge is 0.213 e. The number of ether oxygens (including phenoxy) is 1. The van der Waals surface area contributed by atoms with Crippen LogP contribution in [0.25, 0.3) is 0 Å². The Hall–Kier alpha value is -1.33. The van der Waals surface area contributed by atoms with Gasteiger partial charge in [0, 0.05) is 12.6 Å². The van der Waals surface area contributed by atoms with E-state index in [1.807, 2.05) is 6.07 Å². The average molecular weight is 253 g/mol. The highest BCUT2D eigenvalue weighted by molar-refractivity contribution is 5.44. The van der Waals surface area contributed by atoms with Crippen LogP contribution in [0.1, 0.15) is 25.0 Å². The minimum absolute atomic E-state index is 0.199. The Morgan fingerprint density at radius 2 is 2.11 bits per heavy atom. The van der Waals surface area contributed by atoms with Crippen molar-refractivity contribution in [2.45, 2.75) is 25.7 Å². The van der Waals surface area contributed by atoms with Crippen LogP contribution in [0.15, 0.2) is 12.1 Å². The summed E-state index contributed by atoms with van der Waals surface area (Å²) in [6, 6.07) is 3.61. The number of pyridine rings is 1. The Labute approximate surface area is 108 Å². The molecule has 1 aromatic rings. The zero-order chi connectivity index (χ0) is 13.2. The summed E-state index contributed by atoms with van der Waals surface area (Å²) in [7, 11) is 1.61. The summed E-state index contributed by atoms with van der Waals surface area (Å²) in [6.07, 6.45) is 4.16. The van der Waals surface area contributed by atoms with Crippen molar-refractivity contribution in [1.29, 1.82) is 0 Å². The number of unbranched alkanes of at least 4 members (excludes halogenated alkanes) is 2. The standard InChI is InChI=1S/C13H23N3O2/c1-18-13-7-6-11(14)12(16-13)5-3-2-4-8-15-9-10-17/h6-7,15,17H,2-5,8-10,14H2,1H3. The normalized spacial score (nSPS) is 10.6. The van der Waals surface area contributed by atoms with E-state index in [4.69, 9.17) is 15.6 Å². The van der Waals surface area contributed by atoms with Crippen molar-refractivity contribution in [3.63, 3.8) is 0 Å². The van der Waals surface area contributed by atoms with Gasteiger partial charge in [-0.15, -0.1) is 0 Å². The monoisotopic (exact) mass is 253 g/mol. The number of aryl methyl sites for hydroxylation is 1. The summed E-state index contributed by atoms with van der Waals surface area (Å²) in [5.41, 5.74) is 7.51. The topological polar surface area (TPSA) is 80.4 Å². The molecule has 5 heteroatoms. The highest BCUT2D eigenvalue weighted by atomic mass is 16.5. The molecule has 0 aromatic carbocycles. The fraction of sp³-hybridized carbons (Fsp3) is 0.615. The number of anilines is 1. The Morgan fingerprint density at radius 3 is 2.83 bits per heavy atom. The Morgan fingerprint density at radius 1 is 1.28 bits per heavy atom. The van der Waals surface area contributed by atoms with Crippen LogP contribution in [0, 0.1) is 0 Å². The van der Waals surface area contributed by atoms with Crippen molar-refractivity contribution in [3.8, 4) is 5.88 Å². The van der Waals surface area contributed by atoms with Gasteiger partial charge in [0.25, 0.3) is 0 Å². The van der Waals surface area contributed by atoms with Crippen LogP contribution in [0.5, 0.6) is 5.88 Å². The predicted octanol–water partition coefficient (Wildman–Crippen LogP) is 0.967. The number of nitrogen functional groups attached to an aromatic ring is 1. The van der Waals surface area contributed by atoms with Crippen LogP contribution in [-0.2, 0) is 6.42 Å². The molecule has 0 aliphatic rings. The van der Waals surface area contributed by atoms with Gasteiger partial charge in [-0.3, -0.25) is 0 Å². The lowest BCUT2D eigenvalue weighted by Gasteiger charge is -2.07. The summed E-state index contributed by atoms with van der Waals surface area (Å²) in [5, 5.41) is 11.8. The highest BCUT2D eigenvalue weighted by Gasteiger charge is 2.03. The molecule has 0 spiro atoms. The van der Waals surface area contributed by atoms with E-state index in [2.05, 4.69) is 10.3 Å². The minimum atomic E-state index is 0.199. The van der Waals surface area contributed by atoms with Crippen LogP contribution in [-0.4, -0.2) is 36.9 Å². The van der Waals surface area contributed by atoms with E-state index in [1.54, 1.807) is 13.2 Å². The first-order valence-electron chi connectivity index (χ1n) is 6.39.